The molecule has 39 heavy (non-hydrogen) atoms. The zero-order valence-corrected chi connectivity index (χ0v) is 24.2. The molecule has 0 saturated carbocycles. The first-order chi connectivity index (χ1) is 18.6. The summed E-state index contributed by atoms with van der Waals surface area (Å²) in [5, 5.41) is 4.60. The summed E-state index contributed by atoms with van der Waals surface area (Å²) in [5.74, 6) is 0.400. The standard InChI is InChI=1S/C28H28ClN5O3S2/c1-17-15-20(18(2)33(17)24-11-6-5-9-21(24)29)27-26(22-10-7-8-14-30-22)31-28(38)34(27)19-12-13-25(37-3)23(16-19)32-39(4,35)36/h5-16,26-27,32H,1-4H3,(H,31,38)/t26-,27+/m1/s1. The Morgan fingerprint density at radius 1 is 1.08 bits per heavy atom. The molecule has 11 heteroatoms. The van der Waals surface area contributed by atoms with Gasteiger partial charge in [0.05, 0.1) is 47.5 Å². The van der Waals surface area contributed by atoms with Crippen LogP contribution in [0.2, 0.25) is 5.02 Å². The van der Waals surface area contributed by atoms with Crippen molar-refractivity contribution >= 4 is 50.3 Å². The minimum Gasteiger partial charge on any atom is -0.495 e. The number of rotatable bonds is 7. The third kappa shape index (κ3) is 5.19. The van der Waals surface area contributed by atoms with Crippen LogP contribution in [0, 0.1) is 13.8 Å². The maximum Gasteiger partial charge on any atom is 0.229 e. The number of sulfonamides is 1. The summed E-state index contributed by atoms with van der Waals surface area (Å²) in [6.07, 6.45) is 2.86. The third-order valence-electron chi connectivity index (χ3n) is 6.74. The summed E-state index contributed by atoms with van der Waals surface area (Å²) in [7, 11) is -2.06. The fourth-order valence-corrected chi connectivity index (χ4v) is 6.29. The van der Waals surface area contributed by atoms with Crippen LogP contribution in [0.1, 0.15) is 34.7 Å². The Balaban J connectivity index is 1.69. The summed E-state index contributed by atoms with van der Waals surface area (Å²) >= 11 is 12.5. The molecule has 2 aromatic carbocycles. The number of benzene rings is 2. The molecule has 1 aliphatic rings. The number of ether oxygens (including phenoxy) is 1. The number of pyridine rings is 1. The van der Waals surface area contributed by atoms with E-state index >= 15 is 0 Å². The zero-order valence-electron chi connectivity index (χ0n) is 21.8. The number of halogens is 1. The number of thiocarbonyl (C=S) groups is 1. The van der Waals surface area contributed by atoms with Crippen LogP contribution in [0.25, 0.3) is 5.69 Å². The van der Waals surface area contributed by atoms with Gasteiger partial charge in [-0.2, -0.15) is 0 Å². The van der Waals surface area contributed by atoms with Crippen molar-refractivity contribution < 1.29 is 13.2 Å². The summed E-state index contributed by atoms with van der Waals surface area (Å²) in [6.45, 7) is 4.10. The van der Waals surface area contributed by atoms with Gasteiger partial charge in [0.2, 0.25) is 10.0 Å². The quantitative estimate of drug-likeness (QED) is 0.271. The van der Waals surface area contributed by atoms with Crippen LogP contribution in [0.4, 0.5) is 11.4 Å². The van der Waals surface area contributed by atoms with Gasteiger partial charge in [0.15, 0.2) is 5.11 Å². The summed E-state index contributed by atoms with van der Waals surface area (Å²) in [6, 6.07) is 20.4. The Bertz CT molecular complexity index is 1660. The fraction of sp³-hybridized carbons (Fsp3) is 0.214. The highest BCUT2D eigenvalue weighted by atomic mass is 35.5. The molecule has 2 atom stereocenters. The van der Waals surface area contributed by atoms with Crippen molar-refractivity contribution in [2.75, 3.05) is 23.0 Å². The van der Waals surface area contributed by atoms with E-state index in [2.05, 4.69) is 32.6 Å². The van der Waals surface area contributed by atoms with Crippen LogP contribution in [-0.4, -0.2) is 36.4 Å². The van der Waals surface area contributed by atoms with Gasteiger partial charge in [-0.05, 0) is 80.2 Å². The number of hydrogen-bond donors (Lipinski definition) is 2. The molecule has 0 bridgehead atoms. The van der Waals surface area contributed by atoms with Gasteiger partial charge in [-0.15, -0.1) is 0 Å². The van der Waals surface area contributed by atoms with Crippen LogP contribution >= 0.6 is 23.8 Å². The average molecular weight is 582 g/mol. The molecule has 2 N–H and O–H groups in total. The van der Waals surface area contributed by atoms with Gasteiger partial charge in [-0.1, -0.05) is 29.8 Å². The number of methoxy groups -OCH3 is 1. The summed E-state index contributed by atoms with van der Waals surface area (Å²) < 4.78 is 34.3. The summed E-state index contributed by atoms with van der Waals surface area (Å²) in [4.78, 5) is 6.64. The first-order valence-corrected chi connectivity index (χ1v) is 14.9. The van der Waals surface area contributed by atoms with Crippen LogP contribution in [-0.2, 0) is 10.0 Å². The second-order valence-electron chi connectivity index (χ2n) is 9.37. The molecule has 0 amide bonds. The molecule has 1 fully saturated rings. The molecule has 0 radical (unpaired) electrons. The highest BCUT2D eigenvalue weighted by Crippen LogP contribution is 2.45. The van der Waals surface area contributed by atoms with Crippen molar-refractivity contribution in [1.82, 2.24) is 14.9 Å². The predicted octanol–water partition coefficient (Wildman–Crippen LogP) is 5.70. The third-order valence-corrected chi connectivity index (χ3v) is 7.96. The molecular weight excluding hydrogens is 554 g/mol. The minimum atomic E-state index is -3.55. The lowest BCUT2D eigenvalue weighted by Crippen LogP contribution is -2.29. The van der Waals surface area contributed by atoms with E-state index in [0.29, 0.717) is 27.3 Å². The first-order valence-electron chi connectivity index (χ1n) is 12.2. The molecule has 5 rings (SSSR count). The summed E-state index contributed by atoms with van der Waals surface area (Å²) in [5.41, 5.74) is 5.79. The van der Waals surface area contributed by atoms with Crippen LogP contribution in [0.5, 0.6) is 5.75 Å². The van der Waals surface area contributed by atoms with Gasteiger partial charge in [-0.25, -0.2) is 8.42 Å². The van der Waals surface area contributed by atoms with Gasteiger partial charge in [0.25, 0.3) is 0 Å². The number of nitrogens with zero attached hydrogens (tertiary/aromatic N) is 3. The molecule has 2 aromatic heterocycles. The van der Waals surface area contributed by atoms with Crippen molar-refractivity contribution in [3.05, 3.63) is 101 Å². The van der Waals surface area contributed by atoms with E-state index in [4.69, 9.17) is 28.6 Å². The van der Waals surface area contributed by atoms with E-state index in [-0.39, 0.29) is 12.1 Å². The average Bonchev–Trinajstić information content (AvgIpc) is 3.39. The molecule has 202 valence electrons. The maximum absolute atomic E-state index is 12.1. The second-order valence-corrected chi connectivity index (χ2v) is 11.9. The lowest BCUT2D eigenvalue weighted by molar-refractivity contribution is 0.417. The molecule has 1 saturated heterocycles. The van der Waals surface area contributed by atoms with E-state index in [0.717, 1.165) is 34.6 Å². The van der Waals surface area contributed by atoms with E-state index in [1.807, 2.05) is 60.4 Å². The zero-order chi connectivity index (χ0) is 27.9. The van der Waals surface area contributed by atoms with Crippen molar-refractivity contribution in [2.24, 2.45) is 0 Å². The molecule has 1 aliphatic heterocycles. The topological polar surface area (TPSA) is 88.5 Å². The van der Waals surface area contributed by atoms with Crippen LogP contribution in [0.3, 0.4) is 0 Å². The number of para-hydroxylation sites is 1. The van der Waals surface area contributed by atoms with Gasteiger partial charge in [0, 0.05) is 23.3 Å². The van der Waals surface area contributed by atoms with Crippen molar-refractivity contribution in [1.29, 1.82) is 0 Å². The number of aromatic nitrogens is 2. The maximum atomic E-state index is 12.1. The van der Waals surface area contributed by atoms with Gasteiger partial charge >= 0.3 is 0 Å². The molecule has 0 unspecified atom stereocenters. The van der Waals surface area contributed by atoms with Gasteiger partial charge < -0.3 is 19.5 Å². The largest absolute Gasteiger partial charge is 0.495 e. The lowest BCUT2D eigenvalue weighted by atomic mass is 9.96. The highest BCUT2D eigenvalue weighted by Gasteiger charge is 2.42. The number of nitrogens with one attached hydrogen (secondary N) is 2. The van der Waals surface area contributed by atoms with Crippen LogP contribution < -0.4 is 19.7 Å². The van der Waals surface area contributed by atoms with Crippen molar-refractivity contribution in [3.63, 3.8) is 0 Å². The van der Waals surface area contributed by atoms with Crippen LogP contribution in [0.15, 0.2) is 72.9 Å². The smallest absolute Gasteiger partial charge is 0.229 e. The second kappa shape index (κ2) is 10.5. The molecule has 4 aromatic rings. The van der Waals surface area contributed by atoms with E-state index in [1.54, 1.807) is 18.3 Å². The highest BCUT2D eigenvalue weighted by molar-refractivity contribution is 7.92. The molecule has 0 spiro atoms. The Labute approximate surface area is 238 Å². The predicted molar refractivity (Wildman–Crippen MR) is 160 cm³/mol. The molecule has 8 nitrogen and oxygen atoms in total. The van der Waals surface area contributed by atoms with Crippen molar-refractivity contribution in [3.8, 4) is 11.4 Å². The van der Waals surface area contributed by atoms with E-state index in [9.17, 15) is 8.42 Å². The van der Waals surface area contributed by atoms with E-state index in [1.165, 1.54) is 7.11 Å². The first kappa shape index (κ1) is 27.0. The number of aryl methyl sites for hydroxylation is 1. The number of hydrogen-bond acceptors (Lipinski definition) is 5. The number of anilines is 2. The Morgan fingerprint density at radius 2 is 1.82 bits per heavy atom. The molecule has 0 aliphatic carbocycles. The SMILES string of the molecule is COc1ccc(N2C(=S)N[C@H](c3ccccn3)[C@@H]2c2cc(C)n(-c3ccccc3Cl)c2C)cc1NS(C)(=O)=O. The fourth-order valence-electron chi connectivity index (χ4n) is 5.17. The Morgan fingerprint density at radius 3 is 2.49 bits per heavy atom. The van der Waals surface area contributed by atoms with E-state index < -0.39 is 10.0 Å². The minimum absolute atomic E-state index is 0.271. The molecule has 3 heterocycles. The van der Waals surface area contributed by atoms with Crippen molar-refractivity contribution in [2.45, 2.75) is 25.9 Å². The lowest BCUT2D eigenvalue weighted by Gasteiger charge is -2.29. The monoisotopic (exact) mass is 581 g/mol. The van der Waals surface area contributed by atoms with Gasteiger partial charge in [0.1, 0.15) is 5.75 Å². The Kier molecular flexibility index (Phi) is 7.28. The molecular formula is C28H28ClN5O3S2. The Hall–Kier alpha value is -3.60. The normalized spacial score (nSPS) is 17.3. The van der Waals surface area contributed by atoms with Gasteiger partial charge in [-0.3, -0.25) is 9.71 Å².